The van der Waals surface area contributed by atoms with Gasteiger partial charge >= 0.3 is 5.69 Å². The van der Waals surface area contributed by atoms with Gasteiger partial charge in [-0.05, 0) is 23.8 Å². The van der Waals surface area contributed by atoms with Gasteiger partial charge in [-0.2, -0.15) is 0 Å². The Morgan fingerprint density at radius 2 is 2.00 bits per heavy atom. The molecule has 21 heavy (non-hydrogen) atoms. The summed E-state index contributed by atoms with van der Waals surface area (Å²) in [6.07, 6.45) is 1.21. The van der Waals surface area contributed by atoms with E-state index >= 15 is 0 Å². The molecule has 1 N–H and O–H groups in total. The number of carbonyl (C=O) groups is 1. The van der Waals surface area contributed by atoms with Crippen LogP contribution in [0.15, 0.2) is 36.5 Å². The van der Waals surface area contributed by atoms with Crippen LogP contribution in [0, 0.1) is 15.9 Å². The van der Waals surface area contributed by atoms with E-state index in [-0.39, 0.29) is 23.1 Å². The number of aromatic nitrogens is 1. The summed E-state index contributed by atoms with van der Waals surface area (Å²) in [4.78, 5) is 25.7. The topological polar surface area (TPSA) is 85.1 Å². The van der Waals surface area contributed by atoms with E-state index in [1.165, 1.54) is 36.5 Å². The van der Waals surface area contributed by atoms with Crippen molar-refractivity contribution in [2.75, 3.05) is 0 Å². The van der Waals surface area contributed by atoms with Crippen LogP contribution in [0.25, 0.3) is 0 Å². The fourth-order valence-electron chi connectivity index (χ4n) is 1.67. The van der Waals surface area contributed by atoms with E-state index in [4.69, 9.17) is 11.6 Å². The summed E-state index contributed by atoms with van der Waals surface area (Å²) in [5.74, 6) is -1.04. The monoisotopic (exact) mass is 309 g/mol. The molecule has 1 heterocycles. The third kappa shape index (κ3) is 3.51. The second-order valence-electron chi connectivity index (χ2n) is 4.06. The van der Waals surface area contributed by atoms with Crippen LogP contribution in [-0.2, 0) is 6.54 Å². The zero-order chi connectivity index (χ0) is 15.4. The number of benzene rings is 1. The molecular weight excluding hydrogens is 301 g/mol. The molecular formula is C13H9ClFN3O3. The van der Waals surface area contributed by atoms with Gasteiger partial charge in [-0.25, -0.2) is 9.37 Å². The molecule has 0 bridgehead atoms. The highest BCUT2D eigenvalue weighted by atomic mass is 35.5. The van der Waals surface area contributed by atoms with Crippen molar-refractivity contribution in [3.63, 3.8) is 0 Å². The molecule has 0 fully saturated rings. The highest BCUT2D eigenvalue weighted by Gasteiger charge is 2.24. The Bertz CT molecular complexity index is 692. The molecule has 1 aromatic carbocycles. The van der Waals surface area contributed by atoms with Crippen LogP contribution in [0.2, 0.25) is 5.15 Å². The number of pyridine rings is 1. The zero-order valence-corrected chi connectivity index (χ0v) is 11.3. The van der Waals surface area contributed by atoms with Crippen molar-refractivity contribution >= 4 is 23.2 Å². The molecule has 0 atom stereocenters. The Kier molecular flexibility index (Phi) is 4.44. The lowest BCUT2D eigenvalue weighted by Crippen LogP contribution is -2.24. The second kappa shape index (κ2) is 6.27. The molecule has 1 amide bonds. The van der Waals surface area contributed by atoms with Gasteiger partial charge in [0.05, 0.1) is 4.92 Å². The van der Waals surface area contributed by atoms with Crippen molar-refractivity contribution in [3.8, 4) is 0 Å². The number of hydrogen-bond donors (Lipinski definition) is 1. The molecule has 2 aromatic rings. The Hall–Kier alpha value is -2.54. The lowest BCUT2D eigenvalue weighted by molar-refractivity contribution is -0.385. The summed E-state index contributed by atoms with van der Waals surface area (Å²) in [7, 11) is 0. The van der Waals surface area contributed by atoms with Gasteiger partial charge in [-0.3, -0.25) is 14.9 Å². The Labute approximate surface area is 123 Å². The number of hydrogen-bond acceptors (Lipinski definition) is 4. The average Bonchev–Trinajstić information content (AvgIpc) is 2.45. The lowest BCUT2D eigenvalue weighted by Gasteiger charge is -2.06. The predicted molar refractivity (Wildman–Crippen MR) is 73.5 cm³/mol. The zero-order valence-electron chi connectivity index (χ0n) is 10.5. The SMILES string of the molecule is O=C(NCc1ccc(F)cc1)c1ccnc(Cl)c1[N+](=O)[O-]. The Balaban J connectivity index is 2.16. The summed E-state index contributed by atoms with van der Waals surface area (Å²) in [5, 5.41) is 13.1. The standard InChI is InChI=1S/C13H9ClFN3O3/c14-12-11(18(20)21)10(5-6-16-12)13(19)17-7-8-1-3-9(15)4-2-8/h1-6H,7H2,(H,17,19). The first kappa shape index (κ1) is 14.9. The maximum Gasteiger partial charge on any atom is 0.319 e. The van der Waals surface area contributed by atoms with Crippen molar-refractivity contribution in [2.45, 2.75) is 6.54 Å². The van der Waals surface area contributed by atoms with Gasteiger partial charge in [-0.15, -0.1) is 0 Å². The quantitative estimate of drug-likeness (QED) is 0.534. The van der Waals surface area contributed by atoms with Crippen LogP contribution in [-0.4, -0.2) is 15.8 Å². The third-order valence-corrected chi connectivity index (χ3v) is 2.95. The molecule has 0 aliphatic carbocycles. The van der Waals surface area contributed by atoms with E-state index in [9.17, 15) is 19.3 Å². The lowest BCUT2D eigenvalue weighted by atomic mass is 10.2. The van der Waals surface area contributed by atoms with Crippen LogP contribution >= 0.6 is 11.6 Å². The Morgan fingerprint density at radius 1 is 1.33 bits per heavy atom. The van der Waals surface area contributed by atoms with Crippen molar-refractivity contribution in [2.24, 2.45) is 0 Å². The number of amides is 1. The molecule has 1 aromatic heterocycles. The van der Waals surface area contributed by atoms with Gasteiger partial charge in [-0.1, -0.05) is 23.7 Å². The van der Waals surface area contributed by atoms with Gasteiger partial charge in [0, 0.05) is 12.7 Å². The highest BCUT2D eigenvalue weighted by molar-refractivity contribution is 6.32. The van der Waals surface area contributed by atoms with Crippen LogP contribution < -0.4 is 5.32 Å². The molecule has 0 unspecified atom stereocenters. The van der Waals surface area contributed by atoms with Crippen molar-refractivity contribution in [3.05, 3.63) is 68.7 Å². The fourth-order valence-corrected chi connectivity index (χ4v) is 1.89. The first-order valence-electron chi connectivity index (χ1n) is 5.80. The number of nitro groups is 1. The summed E-state index contributed by atoms with van der Waals surface area (Å²) in [6, 6.07) is 6.73. The van der Waals surface area contributed by atoms with Gasteiger partial charge in [0.1, 0.15) is 11.4 Å². The van der Waals surface area contributed by atoms with E-state index in [2.05, 4.69) is 10.3 Å². The molecule has 0 aliphatic rings. The first-order chi connectivity index (χ1) is 9.99. The van der Waals surface area contributed by atoms with E-state index in [0.29, 0.717) is 5.56 Å². The minimum atomic E-state index is -0.762. The number of rotatable bonds is 4. The van der Waals surface area contributed by atoms with Gasteiger partial charge in [0.2, 0.25) is 5.15 Å². The molecule has 0 saturated heterocycles. The summed E-state index contributed by atoms with van der Waals surface area (Å²) >= 11 is 5.63. The van der Waals surface area contributed by atoms with Crippen LogP contribution in [0.5, 0.6) is 0 Å². The van der Waals surface area contributed by atoms with Crippen LogP contribution in [0.3, 0.4) is 0 Å². The smallest absolute Gasteiger partial charge is 0.319 e. The van der Waals surface area contributed by atoms with Gasteiger partial charge in [0.15, 0.2) is 0 Å². The second-order valence-corrected chi connectivity index (χ2v) is 4.42. The van der Waals surface area contributed by atoms with Crippen molar-refractivity contribution in [1.82, 2.24) is 10.3 Å². The van der Waals surface area contributed by atoms with E-state index in [1.54, 1.807) is 0 Å². The molecule has 108 valence electrons. The maximum absolute atomic E-state index is 12.8. The molecule has 2 rings (SSSR count). The summed E-state index contributed by atoms with van der Waals surface area (Å²) in [6.45, 7) is 0.107. The molecule has 6 nitrogen and oxygen atoms in total. The normalized spacial score (nSPS) is 10.2. The van der Waals surface area contributed by atoms with Crippen molar-refractivity contribution in [1.29, 1.82) is 0 Å². The average molecular weight is 310 g/mol. The summed E-state index contributed by atoms with van der Waals surface area (Å²) < 4.78 is 12.8. The minimum Gasteiger partial charge on any atom is -0.348 e. The van der Waals surface area contributed by atoms with E-state index < -0.39 is 16.5 Å². The Morgan fingerprint density at radius 3 is 2.62 bits per heavy atom. The van der Waals surface area contributed by atoms with Crippen LogP contribution in [0.4, 0.5) is 10.1 Å². The van der Waals surface area contributed by atoms with Crippen LogP contribution in [0.1, 0.15) is 15.9 Å². The molecule has 0 aliphatic heterocycles. The number of carbonyl (C=O) groups excluding carboxylic acids is 1. The highest BCUT2D eigenvalue weighted by Crippen LogP contribution is 2.25. The first-order valence-corrected chi connectivity index (χ1v) is 6.18. The van der Waals surface area contributed by atoms with Gasteiger partial charge < -0.3 is 5.32 Å². The minimum absolute atomic E-state index is 0.107. The fraction of sp³-hybridized carbons (Fsp3) is 0.0769. The van der Waals surface area contributed by atoms with Gasteiger partial charge in [0.25, 0.3) is 5.91 Å². The summed E-state index contributed by atoms with van der Waals surface area (Å²) in [5.41, 5.74) is -0.0644. The maximum atomic E-state index is 12.8. The van der Waals surface area contributed by atoms with E-state index in [1.807, 2.05) is 0 Å². The van der Waals surface area contributed by atoms with E-state index in [0.717, 1.165) is 0 Å². The molecule has 0 saturated carbocycles. The molecule has 0 spiro atoms. The number of nitrogens with one attached hydrogen (secondary N) is 1. The number of nitrogens with zero attached hydrogens (tertiary/aromatic N) is 2. The molecule has 0 radical (unpaired) electrons. The molecule has 8 heteroatoms. The predicted octanol–water partition coefficient (Wildman–Crippen LogP) is 2.71. The third-order valence-electron chi connectivity index (χ3n) is 2.67. The van der Waals surface area contributed by atoms with Crippen molar-refractivity contribution < 1.29 is 14.1 Å². The number of halogens is 2. The largest absolute Gasteiger partial charge is 0.348 e.